The number of hydrogen-bond acceptors (Lipinski definition) is 2. The highest BCUT2D eigenvalue weighted by molar-refractivity contribution is 5.84. The van der Waals surface area contributed by atoms with Crippen LogP contribution in [-0.2, 0) is 11.8 Å². The second-order valence-corrected chi connectivity index (χ2v) is 7.15. The highest BCUT2D eigenvalue weighted by atomic mass is 16.5. The Balaban J connectivity index is 1.64. The van der Waals surface area contributed by atoms with Gasteiger partial charge < -0.3 is 14.6 Å². The molecule has 23 heavy (non-hydrogen) atoms. The zero-order chi connectivity index (χ0) is 16.2. The first kappa shape index (κ1) is 16.5. The van der Waals surface area contributed by atoms with Crippen molar-refractivity contribution in [3.8, 4) is 0 Å². The number of nitrogens with zero attached hydrogens (tertiary/aromatic N) is 1. The van der Waals surface area contributed by atoms with E-state index >= 15 is 0 Å². The molecule has 3 heteroatoms. The van der Waals surface area contributed by atoms with Gasteiger partial charge in [-0.15, -0.1) is 0 Å². The molecule has 3 rings (SSSR count). The van der Waals surface area contributed by atoms with Crippen LogP contribution in [0.25, 0.3) is 10.9 Å². The molecule has 1 aromatic carbocycles. The lowest BCUT2D eigenvalue weighted by atomic mass is 9.81. The Hall–Kier alpha value is -1.32. The lowest BCUT2D eigenvalue weighted by Gasteiger charge is -2.30. The van der Waals surface area contributed by atoms with Crippen LogP contribution in [0.5, 0.6) is 0 Å². The molecule has 0 spiro atoms. The molecule has 1 N–H and O–H groups in total. The molecule has 1 aromatic heterocycles. The van der Waals surface area contributed by atoms with Gasteiger partial charge in [0.2, 0.25) is 0 Å². The number of para-hydroxylation sites is 1. The Morgan fingerprint density at radius 1 is 1.26 bits per heavy atom. The van der Waals surface area contributed by atoms with Crippen molar-refractivity contribution in [2.75, 3.05) is 13.2 Å². The summed E-state index contributed by atoms with van der Waals surface area (Å²) in [6, 6.07) is 9.42. The van der Waals surface area contributed by atoms with Crippen LogP contribution in [0.15, 0.2) is 30.5 Å². The van der Waals surface area contributed by atoms with Crippen LogP contribution < -0.4 is 5.32 Å². The van der Waals surface area contributed by atoms with Crippen molar-refractivity contribution in [1.82, 2.24) is 9.88 Å². The Morgan fingerprint density at radius 3 is 2.91 bits per heavy atom. The molecule has 2 atom stereocenters. The third kappa shape index (κ3) is 3.96. The van der Waals surface area contributed by atoms with Gasteiger partial charge in [-0.2, -0.15) is 0 Å². The van der Waals surface area contributed by atoms with Crippen molar-refractivity contribution >= 4 is 10.9 Å². The fourth-order valence-electron chi connectivity index (χ4n) is 3.91. The molecule has 1 saturated carbocycles. The fourth-order valence-corrected chi connectivity index (χ4v) is 3.91. The number of aryl methyl sites for hydroxylation is 1. The lowest BCUT2D eigenvalue weighted by molar-refractivity contribution is 0.0782. The first-order chi connectivity index (χ1) is 11.1. The minimum atomic E-state index is 0.326. The Labute approximate surface area is 140 Å². The first-order valence-corrected chi connectivity index (χ1v) is 9.04. The van der Waals surface area contributed by atoms with Gasteiger partial charge in [0.1, 0.15) is 0 Å². The monoisotopic (exact) mass is 314 g/mol. The summed E-state index contributed by atoms with van der Waals surface area (Å²) in [6.45, 7) is 5.96. The highest BCUT2D eigenvalue weighted by Gasteiger charge is 2.25. The van der Waals surface area contributed by atoms with Crippen molar-refractivity contribution in [3.05, 3.63) is 36.0 Å². The molecule has 0 radical (unpaired) electrons. The van der Waals surface area contributed by atoms with Gasteiger partial charge in [-0.1, -0.05) is 24.6 Å². The summed E-state index contributed by atoms with van der Waals surface area (Å²) in [5, 5.41) is 5.13. The van der Waals surface area contributed by atoms with Gasteiger partial charge in [0.15, 0.2) is 0 Å². The minimum absolute atomic E-state index is 0.326. The molecule has 1 aliphatic carbocycles. The average molecular weight is 314 g/mol. The first-order valence-electron chi connectivity index (χ1n) is 9.04. The van der Waals surface area contributed by atoms with E-state index in [1.54, 1.807) is 0 Å². The predicted molar refractivity (Wildman–Crippen MR) is 97.0 cm³/mol. The summed E-state index contributed by atoms with van der Waals surface area (Å²) in [7, 11) is 2.16. The SMILES string of the molecule is CC(C)OCCNC1CCCC(c2cn(C)c3ccccc23)C1. The van der Waals surface area contributed by atoms with Gasteiger partial charge in [0, 0.05) is 36.7 Å². The Kier molecular flexibility index (Phi) is 5.39. The lowest BCUT2D eigenvalue weighted by Crippen LogP contribution is -2.36. The predicted octanol–water partition coefficient (Wildman–Crippen LogP) is 4.22. The topological polar surface area (TPSA) is 26.2 Å². The van der Waals surface area contributed by atoms with Crippen LogP contribution in [0.1, 0.15) is 51.0 Å². The number of aromatic nitrogens is 1. The molecule has 0 aliphatic heterocycles. The van der Waals surface area contributed by atoms with Crippen molar-refractivity contribution in [1.29, 1.82) is 0 Å². The second kappa shape index (κ2) is 7.50. The fraction of sp³-hybridized carbons (Fsp3) is 0.600. The van der Waals surface area contributed by atoms with Crippen LogP contribution in [0.4, 0.5) is 0 Å². The Bertz CT molecular complexity index is 632. The number of ether oxygens (including phenoxy) is 1. The molecule has 2 aromatic rings. The number of benzene rings is 1. The third-order valence-electron chi connectivity index (χ3n) is 5.03. The summed E-state index contributed by atoms with van der Waals surface area (Å²) in [5.74, 6) is 0.679. The van der Waals surface area contributed by atoms with Gasteiger partial charge in [-0.25, -0.2) is 0 Å². The van der Waals surface area contributed by atoms with E-state index in [9.17, 15) is 0 Å². The maximum absolute atomic E-state index is 5.64. The van der Waals surface area contributed by atoms with Crippen LogP contribution >= 0.6 is 0 Å². The van der Waals surface area contributed by atoms with E-state index in [-0.39, 0.29) is 0 Å². The largest absolute Gasteiger partial charge is 0.377 e. The number of rotatable bonds is 6. The van der Waals surface area contributed by atoms with E-state index in [4.69, 9.17) is 4.74 Å². The standard InChI is InChI=1S/C20H30N2O/c1-15(2)23-12-11-21-17-8-6-7-16(13-17)19-14-22(3)20-10-5-4-9-18(19)20/h4-5,9-10,14-17,21H,6-8,11-13H2,1-3H3. The summed E-state index contributed by atoms with van der Waals surface area (Å²) in [5.41, 5.74) is 2.89. The molecule has 2 unspecified atom stereocenters. The average Bonchev–Trinajstić information content (AvgIpc) is 2.89. The smallest absolute Gasteiger partial charge is 0.0594 e. The van der Waals surface area contributed by atoms with E-state index in [2.05, 4.69) is 61.2 Å². The summed E-state index contributed by atoms with van der Waals surface area (Å²) in [4.78, 5) is 0. The van der Waals surface area contributed by atoms with Gasteiger partial charge in [-0.05, 0) is 50.7 Å². The third-order valence-corrected chi connectivity index (χ3v) is 5.03. The van der Waals surface area contributed by atoms with Crippen molar-refractivity contribution in [2.45, 2.75) is 57.6 Å². The van der Waals surface area contributed by atoms with E-state index in [0.717, 1.165) is 13.2 Å². The maximum atomic E-state index is 5.64. The van der Waals surface area contributed by atoms with E-state index < -0.39 is 0 Å². The highest BCUT2D eigenvalue weighted by Crippen LogP contribution is 2.37. The number of fused-ring (bicyclic) bond motifs is 1. The second-order valence-electron chi connectivity index (χ2n) is 7.15. The summed E-state index contributed by atoms with van der Waals surface area (Å²) < 4.78 is 7.92. The van der Waals surface area contributed by atoms with E-state index in [1.165, 1.54) is 42.1 Å². The van der Waals surface area contributed by atoms with Crippen molar-refractivity contribution in [3.63, 3.8) is 0 Å². The molecular weight excluding hydrogens is 284 g/mol. The van der Waals surface area contributed by atoms with Gasteiger partial charge >= 0.3 is 0 Å². The molecule has 126 valence electrons. The molecule has 0 bridgehead atoms. The maximum Gasteiger partial charge on any atom is 0.0594 e. The molecule has 1 aliphatic rings. The van der Waals surface area contributed by atoms with Gasteiger partial charge in [0.25, 0.3) is 0 Å². The van der Waals surface area contributed by atoms with Crippen LogP contribution in [0.3, 0.4) is 0 Å². The summed E-state index contributed by atoms with van der Waals surface area (Å²) in [6.07, 6.45) is 7.84. The molecular formula is C20H30N2O. The van der Waals surface area contributed by atoms with Crippen LogP contribution in [-0.4, -0.2) is 29.9 Å². The summed E-state index contributed by atoms with van der Waals surface area (Å²) >= 11 is 0. The molecule has 1 heterocycles. The van der Waals surface area contributed by atoms with Gasteiger partial charge in [-0.3, -0.25) is 0 Å². The Morgan fingerprint density at radius 2 is 2.09 bits per heavy atom. The normalized spacial score (nSPS) is 22.1. The molecule has 3 nitrogen and oxygen atoms in total. The number of hydrogen-bond donors (Lipinski definition) is 1. The zero-order valence-corrected chi connectivity index (χ0v) is 14.7. The molecule has 0 amide bonds. The number of nitrogens with one attached hydrogen (secondary N) is 1. The van der Waals surface area contributed by atoms with Crippen molar-refractivity contribution in [2.24, 2.45) is 7.05 Å². The van der Waals surface area contributed by atoms with E-state index in [0.29, 0.717) is 18.1 Å². The van der Waals surface area contributed by atoms with Crippen LogP contribution in [0.2, 0.25) is 0 Å². The van der Waals surface area contributed by atoms with Gasteiger partial charge in [0.05, 0.1) is 12.7 Å². The quantitative estimate of drug-likeness (QED) is 0.808. The van der Waals surface area contributed by atoms with Crippen molar-refractivity contribution < 1.29 is 4.74 Å². The molecule has 1 fully saturated rings. The van der Waals surface area contributed by atoms with E-state index in [1.807, 2.05) is 0 Å². The zero-order valence-electron chi connectivity index (χ0n) is 14.7. The minimum Gasteiger partial charge on any atom is -0.377 e. The van der Waals surface area contributed by atoms with Crippen LogP contribution in [0, 0.1) is 0 Å². The molecule has 0 saturated heterocycles.